The van der Waals surface area contributed by atoms with Crippen molar-refractivity contribution in [3.05, 3.63) is 76.1 Å². The Balaban J connectivity index is 1.58. The van der Waals surface area contributed by atoms with Crippen LogP contribution in [0.2, 0.25) is 0 Å². The average Bonchev–Trinajstić information content (AvgIpc) is 3.18. The van der Waals surface area contributed by atoms with Gasteiger partial charge in [-0.25, -0.2) is 0 Å². The first-order valence-electron chi connectivity index (χ1n) is 10.5. The molecule has 0 unspecified atom stereocenters. The number of rotatable bonds is 4. The molecule has 0 fully saturated rings. The molecule has 164 valence electrons. The molecule has 2 aromatic carbocycles. The van der Waals surface area contributed by atoms with Gasteiger partial charge in [-0.15, -0.1) is 0 Å². The molecule has 32 heavy (non-hydrogen) atoms. The number of hydrogen-bond acceptors (Lipinski definition) is 7. The first kappa shape index (κ1) is 20.2. The minimum atomic E-state index is -0.249. The number of carbonyl (C=O) groups is 1. The second-order valence-electron chi connectivity index (χ2n) is 8.19. The molecule has 0 saturated carbocycles. The highest BCUT2D eigenvalue weighted by atomic mass is 16.5. The summed E-state index contributed by atoms with van der Waals surface area (Å²) in [6, 6.07) is 13.0. The highest BCUT2D eigenvalue weighted by molar-refractivity contribution is 6.01. The fraction of sp³-hybridized carbons (Fsp3) is 0.280. The van der Waals surface area contributed by atoms with Gasteiger partial charge in [0.2, 0.25) is 5.88 Å². The second-order valence-corrected chi connectivity index (χ2v) is 8.19. The van der Waals surface area contributed by atoms with E-state index in [1.807, 2.05) is 37.3 Å². The smallest absolute Gasteiger partial charge is 0.233 e. The number of nitrogens with one attached hydrogen (secondary N) is 1. The zero-order chi connectivity index (χ0) is 22.4. The molecule has 1 aromatic heterocycles. The molecule has 0 spiro atoms. The highest BCUT2D eigenvalue weighted by Gasteiger charge is 2.41. The fourth-order valence-corrected chi connectivity index (χ4v) is 4.79. The summed E-state index contributed by atoms with van der Waals surface area (Å²) < 4.78 is 16.1. The summed E-state index contributed by atoms with van der Waals surface area (Å²) in [5.74, 6) is 1.62. The third-order valence-corrected chi connectivity index (χ3v) is 6.38. The number of fused-ring (bicyclic) bond motifs is 1. The number of phenolic OH excluding ortho intramolecular Hbond substituents is 1. The lowest BCUT2D eigenvalue weighted by Gasteiger charge is -2.34. The van der Waals surface area contributed by atoms with Crippen LogP contribution in [0, 0.1) is 6.92 Å². The molecule has 7 nitrogen and oxygen atoms in total. The first-order chi connectivity index (χ1) is 15.5. The number of methoxy groups -OCH3 is 2. The molecule has 2 N–H and O–H groups in total. The van der Waals surface area contributed by atoms with Crippen LogP contribution in [0.25, 0.3) is 0 Å². The number of aromatic hydroxyl groups is 1. The molecule has 0 bridgehead atoms. The maximum Gasteiger partial charge on any atom is 0.233 e. The number of benzene rings is 2. The normalized spacial score (nSPS) is 19.8. The van der Waals surface area contributed by atoms with E-state index in [9.17, 15) is 9.90 Å². The van der Waals surface area contributed by atoms with Crippen LogP contribution < -0.4 is 14.8 Å². The number of ketones is 1. The van der Waals surface area contributed by atoms with Crippen LogP contribution in [-0.4, -0.2) is 30.3 Å². The zero-order valence-corrected chi connectivity index (χ0v) is 18.1. The van der Waals surface area contributed by atoms with Gasteiger partial charge in [0, 0.05) is 23.6 Å². The number of carbonyl (C=O) groups excluding carboxylic acids is 1. The predicted molar refractivity (Wildman–Crippen MR) is 118 cm³/mol. The maximum atomic E-state index is 13.5. The van der Waals surface area contributed by atoms with E-state index in [4.69, 9.17) is 14.0 Å². The number of hydrogen-bond donors (Lipinski definition) is 2. The van der Waals surface area contributed by atoms with Gasteiger partial charge in [-0.3, -0.25) is 4.79 Å². The summed E-state index contributed by atoms with van der Waals surface area (Å²) in [4.78, 5) is 13.5. The van der Waals surface area contributed by atoms with Crippen molar-refractivity contribution < 1.29 is 23.9 Å². The van der Waals surface area contributed by atoms with E-state index in [-0.39, 0.29) is 23.4 Å². The number of Topliss-reactive ketones (excluding diaryl/α,β-unsaturated/α-hetero) is 1. The Morgan fingerprint density at radius 3 is 2.53 bits per heavy atom. The third-order valence-electron chi connectivity index (χ3n) is 6.38. The van der Waals surface area contributed by atoms with Crippen LogP contribution in [-0.2, 0) is 4.79 Å². The van der Waals surface area contributed by atoms with Crippen molar-refractivity contribution in [2.75, 3.05) is 19.5 Å². The summed E-state index contributed by atoms with van der Waals surface area (Å²) in [6.45, 7) is 1.89. The van der Waals surface area contributed by atoms with Crippen molar-refractivity contribution in [2.24, 2.45) is 0 Å². The number of phenols is 1. The van der Waals surface area contributed by atoms with Gasteiger partial charge in [-0.2, -0.15) is 0 Å². The van der Waals surface area contributed by atoms with E-state index in [1.165, 1.54) is 7.11 Å². The Labute approximate surface area is 185 Å². The lowest BCUT2D eigenvalue weighted by molar-refractivity contribution is -0.116. The lowest BCUT2D eigenvalue weighted by Crippen LogP contribution is -2.29. The highest BCUT2D eigenvalue weighted by Crippen LogP contribution is 2.49. The summed E-state index contributed by atoms with van der Waals surface area (Å²) in [5, 5.41) is 17.4. The molecule has 7 heteroatoms. The Morgan fingerprint density at radius 1 is 1.06 bits per heavy atom. The van der Waals surface area contributed by atoms with Gasteiger partial charge in [-0.1, -0.05) is 23.4 Å². The van der Waals surface area contributed by atoms with Crippen LogP contribution in [0.15, 0.2) is 58.3 Å². The minimum Gasteiger partial charge on any atom is -0.504 e. The topological polar surface area (TPSA) is 93.8 Å². The molecule has 1 aliphatic carbocycles. The molecular formula is C25H24N2O5. The van der Waals surface area contributed by atoms with Crippen molar-refractivity contribution in [1.82, 2.24) is 5.16 Å². The van der Waals surface area contributed by atoms with Crippen molar-refractivity contribution in [2.45, 2.75) is 31.6 Å². The molecule has 0 saturated heterocycles. The number of ether oxygens (including phenoxy) is 2. The Kier molecular flexibility index (Phi) is 4.89. The van der Waals surface area contributed by atoms with Gasteiger partial charge in [0.25, 0.3) is 0 Å². The van der Waals surface area contributed by atoms with Crippen LogP contribution in [0.4, 0.5) is 5.88 Å². The van der Waals surface area contributed by atoms with Crippen molar-refractivity contribution in [1.29, 1.82) is 0 Å². The molecular weight excluding hydrogens is 408 g/mol. The molecule has 2 aliphatic rings. The third kappa shape index (κ3) is 3.21. The summed E-state index contributed by atoms with van der Waals surface area (Å²) in [5.41, 5.74) is 5.20. The van der Waals surface area contributed by atoms with Crippen molar-refractivity contribution in [3.63, 3.8) is 0 Å². The maximum absolute atomic E-state index is 13.5. The zero-order valence-electron chi connectivity index (χ0n) is 18.1. The largest absolute Gasteiger partial charge is 0.504 e. The quantitative estimate of drug-likeness (QED) is 0.619. The van der Waals surface area contributed by atoms with E-state index in [0.717, 1.165) is 39.4 Å². The van der Waals surface area contributed by atoms with Crippen molar-refractivity contribution >= 4 is 11.7 Å². The van der Waals surface area contributed by atoms with Gasteiger partial charge in [0.15, 0.2) is 17.3 Å². The van der Waals surface area contributed by atoms with Gasteiger partial charge < -0.3 is 24.4 Å². The Bertz CT molecular complexity index is 1230. The second kappa shape index (κ2) is 7.75. The van der Waals surface area contributed by atoms with Gasteiger partial charge in [-0.05, 0) is 54.7 Å². The monoisotopic (exact) mass is 432 g/mol. The molecule has 0 amide bonds. The summed E-state index contributed by atoms with van der Waals surface area (Å²) >= 11 is 0. The van der Waals surface area contributed by atoms with Crippen LogP contribution in [0.5, 0.6) is 17.2 Å². The fourth-order valence-electron chi connectivity index (χ4n) is 4.79. The number of nitrogens with zero attached hydrogens (tertiary/aromatic N) is 1. The summed E-state index contributed by atoms with van der Waals surface area (Å²) in [6.07, 6.45) is 1.02. The number of aromatic nitrogens is 1. The number of anilines is 1. The standard InChI is InChI=1S/C25H24N2O5/c1-13-22-23(14-4-7-17(30-2)8-5-14)24-18(26-25(22)32-27-13)10-16(11-20(24)29)15-6-9-19(28)21(12-15)31-3/h4-9,12,16,23,26,28H,10-11H2,1-3H3/t16-,23-/m0/s1. The molecule has 3 aromatic rings. The van der Waals surface area contributed by atoms with E-state index in [0.29, 0.717) is 24.5 Å². The van der Waals surface area contributed by atoms with Gasteiger partial charge >= 0.3 is 0 Å². The first-order valence-corrected chi connectivity index (χ1v) is 10.5. The number of aryl methyl sites for hydroxylation is 1. The Hall–Kier alpha value is -3.74. The van der Waals surface area contributed by atoms with Gasteiger partial charge in [0.05, 0.1) is 25.5 Å². The van der Waals surface area contributed by atoms with E-state index in [2.05, 4.69) is 10.5 Å². The van der Waals surface area contributed by atoms with Gasteiger partial charge in [0.1, 0.15) is 5.75 Å². The summed E-state index contributed by atoms with van der Waals surface area (Å²) in [7, 11) is 3.15. The molecule has 2 heterocycles. The SMILES string of the molecule is COc1ccc([C@@H]2C3=C(C[C@H](c4ccc(O)c(OC)c4)CC3=O)Nc3onc(C)c32)cc1. The van der Waals surface area contributed by atoms with Crippen LogP contribution >= 0.6 is 0 Å². The van der Waals surface area contributed by atoms with E-state index < -0.39 is 0 Å². The minimum absolute atomic E-state index is 0.0367. The van der Waals surface area contributed by atoms with Crippen molar-refractivity contribution in [3.8, 4) is 17.2 Å². The van der Waals surface area contributed by atoms with E-state index >= 15 is 0 Å². The predicted octanol–water partition coefficient (Wildman–Crippen LogP) is 4.66. The number of allylic oxidation sites excluding steroid dienone is 2. The van der Waals surface area contributed by atoms with E-state index in [1.54, 1.807) is 19.2 Å². The van der Waals surface area contributed by atoms with Crippen LogP contribution in [0.3, 0.4) is 0 Å². The molecule has 0 radical (unpaired) electrons. The lowest BCUT2D eigenvalue weighted by atomic mass is 9.72. The Morgan fingerprint density at radius 2 is 1.81 bits per heavy atom. The van der Waals surface area contributed by atoms with Crippen LogP contribution in [0.1, 0.15) is 47.1 Å². The molecule has 5 rings (SSSR count). The molecule has 2 atom stereocenters. The average molecular weight is 432 g/mol. The molecule has 1 aliphatic heterocycles.